The van der Waals surface area contributed by atoms with E-state index in [9.17, 15) is 30.2 Å². The summed E-state index contributed by atoms with van der Waals surface area (Å²) in [6, 6.07) is 24.6. The van der Waals surface area contributed by atoms with Crippen LogP contribution in [0.5, 0.6) is 23.5 Å². The highest BCUT2D eigenvalue weighted by molar-refractivity contribution is 6.36. The lowest BCUT2D eigenvalue weighted by atomic mass is 9.91. The lowest BCUT2D eigenvalue weighted by Gasteiger charge is -2.43. The van der Waals surface area contributed by atoms with Crippen molar-refractivity contribution in [1.29, 1.82) is 5.26 Å². The Balaban J connectivity index is 0.761. The van der Waals surface area contributed by atoms with Crippen LogP contribution in [0.25, 0.3) is 27.8 Å². The summed E-state index contributed by atoms with van der Waals surface area (Å²) in [5, 5.41) is 51.5. The minimum atomic E-state index is -0.326. The second-order valence-electron chi connectivity index (χ2n) is 18.7. The number of aromatic hydroxyl groups is 3. The molecule has 6 heterocycles. The zero-order chi connectivity index (χ0) is 48.6. The number of carbonyl (C=O) groups excluding carboxylic acids is 2. The maximum atomic E-state index is 13.7. The van der Waals surface area contributed by atoms with Gasteiger partial charge >= 0.3 is 12.0 Å². The predicted octanol–water partition coefficient (Wildman–Crippen LogP) is 6.39. The molecule has 18 heteroatoms. The number of nitrogens with zero attached hydrogens (tertiary/aromatic N) is 11. The molecule has 360 valence electrons. The van der Waals surface area contributed by atoms with E-state index in [2.05, 4.69) is 55.7 Å². The van der Waals surface area contributed by atoms with Crippen LogP contribution in [0, 0.1) is 30.1 Å². The molecule has 3 fully saturated rings. The number of phenolic OH excluding ortho intramolecular Hbond substituents is 2. The number of aromatic nitrogens is 5. The molecule has 4 aromatic carbocycles. The fraction of sp³-hybridized carbons (Fsp3) is 0.365. The molecule has 3 N–H and O–H groups in total. The van der Waals surface area contributed by atoms with E-state index in [1.807, 2.05) is 47.4 Å². The van der Waals surface area contributed by atoms with Crippen molar-refractivity contribution in [2.24, 2.45) is 11.8 Å². The molecule has 1 atom stereocenters. The Kier molecular flexibility index (Phi) is 12.9. The Labute approximate surface area is 410 Å². The first-order valence-electron chi connectivity index (χ1n) is 23.7. The van der Waals surface area contributed by atoms with Crippen molar-refractivity contribution < 1.29 is 29.6 Å². The van der Waals surface area contributed by atoms with Gasteiger partial charge in [-0.1, -0.05) is 59.7 Å². The molecule has 2 amide bonds. The number of piperazine rings is 1. The monoisotopic (exact) mass is 963 g/mol. The molecule has 2 aromatic heterocycles. The number of aryl methyl sites for hydroxylation is 1. The van der Waals surface area contributed by atoms with Gasteiger partial charge in [-0.2, -0.15) is 15.2 Å². The average molecular weight is 965 g/mol. The smallest absolute Gasteiger partial charge is 0.319 e. The van der Waals surface area contributed by atoms with Gasteiger partial charge in [0.1, 0.15) is 17.3 Å². The molecule has 0 radical (unpaired) electrons. The van der Waals surface area contributed by atoms with Crippen molar-refractivity contribution in [2.75, 3.05) is 68.8 Å². The number of phenols is 2. The molecule has 0 saturated carbocycles. The molecule has 3 saturated heterocycles. The fourth-order valence-corrected chi connectivity index (χ4v) is 10.7. The van der Waals surface area contributed by atoms with Gasteiger partial charge in [-0.15, -0.1) is 5.10 Å². The number of anilines is 2. The van der Waals surface area contributed by atoms with Gasteiger partial charge in [-0.3, -0.25) is 14.5 Å². The van der Waals surface area contributed by atoms with Gasteiger partial charge in [0.2, 0.25) is 11.8 Å². The molecule has 70 heavy (non-hydrogen) atoms. The van der Waals surface area contributed by atoms with E-state index in [0.717, 1.165) is 71.6 Å². The standard InChI is InChI=1S/C52H54ClN11O6/c1-3-46(67)63-23-22-61(29-38(63)14-18-54)48-39-17-21-60(43-9-5-7-35-6-4-8-41(53)47(35)43)30-42(39)55-51(56-48)70-31-34-27-62(28-34)50(68)36-15-19-59(20-16-36)26-33-10-12-37(13-11-33)64-49(57-58-52(64)69)40-24-32(2)44(65)25-45(40)66/h3-13,24-25,34,36,38,65-66H,1,14-17,19-23,26-31H2,2H3,(H,58,69)/t38-/m0/s1. The summed E-state index contributed by atoms with van der Waals surface area (Å²) in [6.07, 6.45) is 3.70. The predicted molar refractivity (Wildman–Crippen MR) is 264 cm³/mol. The Morgan fingerprint density at radius 3 is 2.44 bits per heavy atom. The number of amides is 2. The number of piperidine rings is 1. The molecular formula is C52H54ClN11O6. The molecule has 4 aliphatic heterocycles. The lowest BCUT2D eigenvalue weighted by molar-refractivity contribution is -0.144. The number of fused-ring (bicyclic) bond motifs is 2. The first-order valence-corrected chi connectivity index (χ1v) is 24.1. The van der Waals surface area contributed by atoms with Gasteiger partial charge in [0.15, 0.2) is 5.82 Å². The SMILES string of the molecule is C=CC(=O)N1CCN(c2nc(OCC3CN(C(=O)C4CCN(Cc5ccc(-n6c(O)nnc6-c6cc(C)c(O)cc6O)cc5)CC4)C3)nc3c2CCN(c2cccc4cccc(Cl)c24)C3)C[C@@H]1CC#N. The number of carbonyl (C=O) groups is 2. The number of hydrogen-bond donors (Lipinski definition) is 3. The summed E-state index contributed by atoms with van der Waals surface area (Å²) in [4.78, 5) is 47.0. The van der Waals surface area contributed by atoms with Crippen molar-refractivity contribution in [1.82, 2.24) is 39.4 Å². The van der Waals surface area contributed by atoms with Gasteiger partial charge in [-0.25, -0.2) is 4.57 Å². The summed E-state index contributed by atoms with van der Waals surface area (Å²) in [5.74, 6) is 0.859. The van der Waals surface area contributed by atoms with Gasteiger partial charge in [0.05, 0.1) is 53.7 Å². The normalized spacial score (nSPS) is 17.8. The van der Waals surface area contributed by atoms with E-state index in [1.54, 1.807) is 17.9 Å². The van der Waals surface area contributed by atoms with Crippen LogP contribution in [0.15, 0.2) is 85.5 Å². The summed E-state index contributed by atoms with van der Waals surface area (Å²) in [5.41, 5.74) is 5.49. The lowest BCUT2D eigenvalue weighted by Crippen LogP contribution is -2.55. The molecule has 17 nitrogen and oxygen atoms in total. The van der Waals surface area contributed by atoms with E-state index >= 15 is 0 Å². The van der Waals surface area contributed by atoms with Crippen molar-refractivity contribution in [3.8, 4) is 46.7 Å². The molecule has 0 spiro atoms. The molecule has 6 aromatic rings. The first kappa shape index (κ1) is 46.3. The van der Waals surface area contributed by atoms with Gasteiger partial charge in [0, 0.05) is 80.4 Å². The van der Waals surface area contributed by atoms with Crippen LogP contribution in [0.1, 0.15) is 41.6 Å². The number of benzene rings is 4. The number of rotatable bonds is 12. The number of hydrogen-bond acceptors (Lipinski definition) is 14. The second kappa shape index (κ2) is 19.5. The maximum absolute atomic E-state index is 13.7. The van der Waals surface area contributed by atoms with Crippen molar-refractivity contribution in [2.45, 2.75) is 51.7 Å². The Hall–Kier alpha value is -7.42. The van der Waals surface area contributed by atoms with Crippen LogP contribution in [0.4, 0.5) is 11.5 Å². The van der Waals surface area contributed by atoms with Crippen LogP contribution in [0.2, 0.25) is 5.02 Å². The highest BCUT2D eigenvalue weighted by Crippen LogP contribution is 2.39. The molecule has 0 aliphatic carbocycles. The fourth-order valence-electron chi connectivity index (χ4n) is 10.4. The minimum Gasteiger partial charge on any atom is -0.508 e. The molecular weight excluding hydrogens is 910 g/mol. The Morgan fingerprint density at radius 1 is 0.914 bits per heavy atom. The summed E-state index contributed by atoms with van der Waals surface area (Å²) >= 11 is 6.78. The third kappa shape index (κ3) is 9.12. The largest absolute Gasteiger partial charge is 0.508 e. The van der Waals surface area contributed by atoms with Crippen molar-refractivity contribution >= 4 is 45.7 Å². The van der Waals surface area contributed by atoms with Gasteiger partial charge in [-0.05, 0) is 92.2 Å². The number of halogens is 1. The van der Waals surface area contributed by atoms with Crippen molar-refractivity contribution in [3.05, 3.63) is 113 Å². The van der Waals surface area contributed by atoms with E-state index in [4.69, 9.17) is 26.3 Å². The molecule has 0 unspecified atom stereocenters. The maximum Gasteiger partial charge on any atom is 0.319 e. The van der Waals surface area contributed by atoms with E-state index < -0.39 is 0 Å². The van der Waals surface area contributed by atoms with Crippen LogP contribution in [-0.4, -0.2) is 132 Å². The molecule has 10 rings (SSSR count). The van der Waals surface area contributed by atoms with E-state index in [0.29, 0.717) is 80.7 Å². The van der Waals surface area contributed by atoms with Gasteiger partial charge in [0.25, 0.3) is 0 Å². The highest BCUT2D eigenvalue weighted by Gasteiger charge is 2.38. The Bertz CT molecular complexity index is 3010. The number of ether oxygens (including phenoxy) is 1. The van der Waals surface area contributed by atoms with Gasteiger partial charge < -0.3 is 39.7 Å². The summed E-state index contributed by atoms with van der Waals surface area (Å²) in [6.45, 7) is 11.9. The molecule has 4 aliphatic rings. The van der Waals surface area contributed by atoms with Crippen LogP contribution in [0.3, 0.4) is 0 Å². The third-order valence-electron chi connectivity index (χ3n) is 14.2. The highest BCUT2D eigenvalue weighted by atomic mass is 35.5. The Morgan fingerprint density at radius 2 is 1.69 bits per heavy atom. The third-order valence-corrected chi connectivity index (χ3v) is 14.5. The molecule has 0 bridgehead atoms. The topological polar surface area (TPSA) is 201 Å². The average Bonchev–Trinajstić information content (AvgIpc) is 3.74. The second-order valence-corrected chi connectivity index (χ2v) is 19.1. The zero-order valence-electron chi connectivity index (χ0n) is 38.9. The van der Waals surface area contributed by atoms with Crippen molar-refractivity contribution in [3.63, 3.8) is 0 Å². The van der Waals surface area contributed by atoms with Crippen LogP contribution < -0.4 is 14.5 Å². The summed E-state index contributed by atoms with van der Waals surface area (Å²) < 4.78 is 7.85. The number of nitriles is 1. The van der Waals surface area contributed by atoms with Crippen LogP contribution >= 0.6 is 11.6 Å². The van der Waals surface area contributed by atoms with E-state index in [1.165, 1.54) is 16.7 Å². The summed E-state index contributed by atoms with van der Waals surface area (Å²) in [7, 11) is 0. The zero-order valence-corrected chi connectivity index (χ0v) is 39.7. The minimum absolute atomic E-state index is 0.0448. The first-order chi connectivity index (χ1) is 34.0. The number of likely N-dealkylation sites (tertiary alicyclic amines) is 2. The van der Waals surface area contributed by atoms with E-state index in [-0.39, 0.29) is 65.5 Å². The quantitative estimate of drug-likeness (QED) is 0.114. The van der Waals surface area contributed by atoms with Crippen LogP contribution in [-0.2, 0) is 29.1 Å².